The van der Waals surface area contributed by atoms with Gasteiger partial charge < -0.3 is 15.6 Å². The van der Waals surface area contributed by atoms with E-state index in [2.05, 4.69) is 15.0 Å². The molecule has 19 heavy (non-hydrogen) atoms. The van der Waals surface area contributed by atoms with Gasteiger partial charge in [-0.15, -0.1) is 0 Å². The fraction of sp³-hybridized carbons (Fsp3) is 0.556. The van der Waals surface area contributed by atoms with Crippen molar-refractivity contribution in [2.45, 2.75) is 24.8 Å². The first-order chi connectivity index (χ1) is 9.06. The molecule has 0 aromatic carbocycles. The quantitative estimate of drug-likeness (QED) is 0.471. The highest BCUT2D eigenvalue weighted by molar-refractivity contribution is 6.32. The Labute approximate surface area is 112 Å². The van der Waals surface area contributed by atoms with Crippen molar-refractivity contribution in [3.8, 4) is 0 Å². The molecule has 0 saturated carbocycles. The Balaban J connectivity index is 2.32. The predicted octanol–water partition coefficient (Wildman–Crippen LogP) is 0.438. The van der Waals surface area contributed by atoms with Crippen LogP contribution in [0.2, 0.25) is 5.02 Å². The second kappa shape index (κ2) is 5.45. The zero-order chi connectivity index (χ0) is 14.0. The third-order valence-corrected chi connectivity index (χ3v) is 3.12. The van der Waals surface area contributed by atoms with E-state index in [1.165, 1.54) is 6.20 Å². The summed E-state index contributed by atoms with van der Waals surface area (Å²) in [5.74, 6) is -0.0637. The number of nitrogens with zero attached hydrogens (tertiary/aromatic N) is 5. The lowest BCUT2D eigenvalue weighted by atomic mass is 10.1. The summed E-state index contributed by atoms with van der Waals surface area (Å²) in [6.07, 6.45) is 0.191. The number of anilines is 1. The highest BCUT2D eigenvalue weighted by atomic mass is 35.5. The fourth-order valence-corrected chi connectivity index (χ4v) is 2.05. The van der Waals surface area contributed by atoms with Crippen LogP contribution in [0.4, 0.5) is 5.82 Å². The number of hydrogen-bond donors (Lipinski definition) is 2. The number of halogens is 1. The molecular weight excluding hydrogens is 276 g/mol. The van der Waals surface area contributed by atoms with Crippen LogP contribution in [0.1, 0.15) is 12.6 Å². The molecule has 9 nitrogen and oxygen atoms in total. The van der Waals surface area contributed by atoms with E-state index in [-0.39, 0.29) is 23.9 Å². The van der Waals surface area contributed by atoms with Crippen molar-refractivity contribution >= 4 is 17.4 Å². The van der Waals surface area contributed by atoms with Gasteiger partial charge in [-0.1, -0.05) is 16.7 Å². The van der Waals surface area contributed by atoms with Crippen LogP contribution < -0.4 is 11.4 Å². The fourth-order valence-electron chi connectivity index (χ4n) is 1.90. The molecule has 1 saturated heterocycles. The summed E-state index contributed by atoms with van der Waals surface area (Å²) >= 11 is 5.80. The Kier molecular flexibility index (Phi) is 3.91. The number of nitrogens with two attached hydrogens (primary N) is 1. The molecule has 3 N–H and O–H groups in total. The number of nitrogen functional groups attached to an aromatic ring is 1. The van der Waals surface area contributed by atoms with Crippen LogP contribution in [0.15, 0.2) is 16.1 Å². The van der Waals surface area contributed by atoms with E-state index in [9.17, 15) is 4.79 Å². The molecule has 1 aromatic rings. The lowest BCUT2D eigenvalue weighted by molar-refractivity contribution is -0.0269. The van der Waals surface area contributed by atoms with Crippen molar-refractivity contribution in [1.29, 1.82) is 0 Å². The van der Waals surface area contributed by atoms with E-state index >= 15 is 0 Å². The van der Waals surface area contributed by atoms with Crippen molar-refractivity contribution < 1.29 is 9.84 Å². The molecule has 0 aliphatic carbocycles. The largest absolute Gasteiger partial charge is 0.394 e. The van der Waals surface area contributed by atoms with Crippen LogP contribution >= 0.6 is 11.6 Å². The Morgan fingerprint density at radius 2 is 2.53 bits per heavy atom. The summed E-state index contributed by atoms with van der Waals surface area (Å²) in [5.41, 5.74) is 13.2. The van der Waals surface area contributed by atoms with Gasteiger partial charge in [0.1, 0.15) is 12.0 Å². The maximum absolute atomic E-state index is 11.7. The van der Waals surface area contributed by atoms with Gasteiger partial charge in [-0.25, -0.2) is 4.79 Å². The van der Waals surface area contributed by atoms with Gasteiger partial charge >= 0.3 is 5.69 Å². The molecule has 0 amide bonds. The molecule has 0 bridgehead atoms. The first kappa shape index (κ1) is 13.6. The van der Waals surface area contributed by atoms with Gasteiger partial charge in [0.05, 0.1) is 23.8 Å². The third-order valence-electron chi connectivity index (χ3n) is 2.83. The zero-order valence-electron chi connectivity index (χ0n) is 9.68. The molecule has 1 fully saturated rings. The monoisotopic (exact) mass is 286 g/mol. The second-order valence-corrected chi connectivity index (χ2v) is 4.39. The van der Waals surface area contributed by atoms with E-state index in [1.807, 2.05) is 0 Å². The van der Waals surface area contributed by atoms with Gasteiger partial charge in [-0.2, -0.15) is 4.98 Å². The van der Waals surface area contributed by atoms with Gasteiger partial charge in [-0.3, -0.25) is 4.57 Å². The second-order valence-electron chi connectivity index (χ2n) is 3.98. The topological polar surface area (TPSA) is 139 Å². The SMILES string of the molecule is [N-]=[N+]=NC1CC(n2cc(Cl)c(N)nc2=O)OC1CO. The van der Waals surface area contributed by atoms with Gasteiger partial charge in [0.15, 0.2) is 0 Å². The predicted molar refractivity (Wildman–Crippen MR) is 66.5 cm³/mol. The first-order valence-corrected chi connectivity index (χ1v) is 5.79. The highest BCUT2D eigenvalue weighted by Crippen LogP contribution is 2.30. The van der Waals surface area contributed by atoms with E-state index in [4.69, 9.17) is 32.7 Å². The molecule has 2 rings (SSSR count). The Hall–Kier alpha value is -1.80. The number of rotatable bonds is 3. The number of hydrogen-bond acceptors (Lipinski definition) is 6. The van der Waals surface area contributed by atoms with E-state index in [0.717, 1.165) is 4.57 Å². The van der Waals surface area contributed by atoms with Crippen LogP contribution in [0.3, 0.4) is 0 Å². The first-order valence-electron chi connectivity index (χ1n) is 5.41. The number of azide groups is 1. The molecular formula is C9H11ClN6O3. The summed E-state index contributed by atoms with van der Waals surface area (Å²) in [6.45, 7) is -0.314. The van der Waals surface area contributed by atoms with Crippen LogP contribution in [-0.4, -0.2) is 33.4 Å². The van der Waals surface area contributed by atoms with Crippen molar-refractivity contribution in [1.82, 2.24) is 9.55 Å². The number of aliphatic hydroxyl groups excluding tert-OH is 1. The van der Waals surface area contributed by atoms with Crippen molar-refractivity contribution in [2.24, 2.45) is 5.11 Å². The van der Waals surface area contributed by atoms with Crippen molar-refractivity contribution in [3.05, 3.63) is 32.1 Å². The summed E-state index contributed by atoms with van der Waals surface area (Å²) in [4.78, 5) is 17.9. The van der Waals surface area contributed by atoms with Gasteiger partial charge in [-0.05, 0) is 5.53 Å². The van der Waals surface area contributed by atoms with E-state index in [1.54, 1.807) is 0 Å². The van der Waals surface area contributed by atoms with Crippen LogP contribution in [0, 0.1) is 0 Å². The maximum Gasteiger partial charge on any atom is 0.351 e. The molecule has 3 atom stereocenters. The van der Waals surface area contributed by atoms with Crippen LogP contribution in [0.5, 0.6) is 0 Å². The Morgan fingerprint density at radius 3 is 3.16 bits per heavy atom. The van der Waals surface area contributed by atoms with Gasteiger partial charge in [0.2, 0.25) is 0 Å². The van der Waals surface area contributed by atoms with Crippen LogP contribution in [-0.2, 0) is 4.74 Å². The molecule has 0 spiro atoms. The summed E-state index contributed by atoms with van der Waals surface area (Å²) in [6, 6.07) is -0.553. The lowest BCUT2D eigenvalue weighted by Crippen LogP contribution is -2.28. The smallest absolute Gasteiger partial charge is 0.351 e. The standard InChI is InChI=1S/C9H11ClN6O3/c10-4-2-16(9(18)13-8(4)11)7-1-5(14-15-12)6(3-17)19-7/h2,5-7,17H,1,3H2,(H2,11,13,18). The van der Waals surface area contributed by atoms with E-state index < -0.39 is 24.1 Å². The molecule has 10 heteroatoms. The lowest BCUT2D eigenvalue weighted by Gasteiger charge is -2.15. The molecule has 1 aromatic heterocycles. The van der Waals surface area contributed by atoms with Crippen molar-refractivity contribution in [2.75, 3.05) is 12.3 Å². The summed E-state index contributed by atoms with van der Waals surface area (Å²) < 4.78 is 6.61. The number of aromatic nitrogens is 2. The minimum Gasteiger partial charge on any atom is -0.394 e. The number of ether oxygens (including phenoxy) is 1. The normalized spacial score (nSPS) is 26.1. The molecule has 1 aliphatic rings. The maximum atomic E-state index is 11.7. The minimum atomic E-state index is -0.703. The summed E-state index contributed by atoms with van der Waals surface area (Å²) in [7, 11) is 0. The average Bonchev–Trinajstić information content (AvgIpc) is 2.77. The van der Waals surface area contributed by atoms with Crippen molar-refractivity contribution in [3.63, 3.8) is 0 Å². The average molecular weight is 287 g/mol. The molecule has 3 unspecified atom stereocenters. The van der Waals surface area contributed by atoms with Gasteiger partial charge in [0.25, 0.3) is 0 Å². The molecule has 0 radical (unpaired) electrons. The third kappa shape index (κ3) is 2.64. The Bertz CT molecular complexity index is 584. The molecule has 102 valence electrons. The number of aliphatic hydroxyl groups is 1. The molecule has 2 heterocycles. The molecule has 1 aliphatic heterocycles. The zero-order valence-corrected chi connectivity index (χ0v) is 10.4. The minimum absolute atomic E-state index is 0.0637. The Morgan fingerprint density at radius 1 is 1.79 bits per heavy atom. The van der Waals surface area contributed by atoms with Crippen LogP contribution in [0.25, 0.3) is 10.4 Å². The highest BCUT2D eigenvalue weighted by Gasteiger charge is 2.35. The van der Waals surface area contributed by atoms with E-state index in [0.29, 0.717) is 0 Å². The van der Waals surface area contributed by atoms with Gasteiger partial charge in [0, 0.05) is 17.5 Å². The summed E-state index contributed by atoms with van der Waals surface area (Å²) in [5, 5.41) is 12.8.